The molecule has 0 aliphatic rings. The Bertz CT molecular complexity index is 574. The van der Waals surface area contributed by atoms with E-state index in [0.717, 1.165) is 6.07 Å². The first-order chi connectivity index (χ1) is 9.73. The van der Waals surface area contributed by atoms with E-state index in [4.69, 9.17) is 16.7 Å². The molecule has 2 N–H and O–H groups in total. The SMILES string of the molecule is CC(C)C(CNC(=O)c1cc(Cl)ccc1[N+](=O)[O-])C(=O)O. The van der Waals surface area contributed by atoms with Crippen molar-refractivity contribution in [3.05, 3.63) is 38.9 Å². The topological polar surface area (TPSA) is 110 Å². The summed E-state index contributed by atoms with van der Waals surface area (Å²) in [7, 11) is 0. The van der Waals surface area contributed by atoms with Gasteiger partial charge in [-0.2, -0.15) is 0 Å². The fourth-order valence-corrected chi connectivity index (χ4v) is 1.93. The number of carbonyl (C=O) groups is 2. The van der Waals surface area contributed by atoms with E-state index in [1.165, 1.54) is 12.1 Å². The van der Waals surface area contributed by atoms with E-state index in [1.807, 2.05) is 0 Å². The summed E-state index contributed by atoms with van der Waals surface area (Å²) in [6.45, 7) is 3.31. The van der Waals surface area contributed by atoms with Crippen molar-refractivity contribution in [2.75, 3.05) is 6.54 Å². The van der Waals surface area contributed by atoms with Gasteiger partial charge in [-0.3, -0.25) is 19.7 Å². The molecule has 1 aromatic rings. The Kier molecular flexibility index (Phi) is 5.66. The zero-order valence-corrected chi connectivity index (χ0v) is 12.3. The van der Waals surface area contributed by atoms with Gasteiger partial charge in [0.05, 0.1) is 10.8 Å². The Balaban J connectivity index is 2.92. The van der Waals surface area contributed by atoms with Crippen molar-refractivity contribution in [1.82, 2.24) is 5.32 Å². The number of nitrogens with one attached hydrogen (secondary N) is 1. The average molecular weight is 315 g/mol. The fourth-order valence-electron chi connectivity index (χ4n) is 1.76. The Morgan fingerprint density at radius 3 is 2.52 bits per heavy atom. The third kappa shape index (κ3) is 4.42. The van der Waals surface area contributed by atoms with Gasteiger partial charge in [0, 0.05) is 17.6 Å². The van der Waals surface area contributed by atoms with Crippen LogP contribution in [0.15, 0.2) is 18.2 Å². The highest BCUT2D eigenvalue weighted by Gasteiger charge is 2.25. The first-order valence-electron chi connectivity index (χ1n) is 6.19. The molecule has 0 heterocycles. The van der Waals surface area contributed by atoms with Gasteiger partial charge in [-0.15, -0.1) is 0 Å². The Hall–Kier alpha value is -2.15. The van der Waals surface area contributed by atoms with Gasteiger partial charge in [-0.05, 0) is 18.1 Å². The average Bonchev–Trinajstić information content (AvgIpc) is 2.37. The number of hydrogen-bond acceptors (Lipinski definition) is 4. The molecule has 0 spiro atoms. The van der Waals surface area contributed by atoms with E-state index < -0.39 is 22.7 Å². The van der Waals surface area contributed by atoms with E-state index in [1.54, 1.807) is 13.8 Å². The van der Waals surface area contributed by atoms with Gasteiger partial charge >= 0.3 is 5.97 Å². The second-order valence-electron chi connectivity index (χ2n) is 4.82. The van der Waals surface area contributed by atoms with Gasteiger partial charge in [-0.1, -0.05) is 25.4 Å². The molecule has 1 atom stereocenters. The largest absolute Gasteiger partial charge is 0.481 e. The number of hydrogen-bond donors (Lipinski definition) is 2. The lowest BCUT2D eigenvalue weighted by Gasteiger charge is -2.16. The van der Waals surface area contributed by atoms with Gasteiger partial charge in [0.2, 0.25) is 0 Å². The molecule has 114 valence electrons. The highest BCUT2D eigenvalue weighted by Crippen LogP contribution is 2.22. The van der Waals surface area contributed by atoms with Crippen LogP contribution in [-0.2, 0) is 4.79 Å². The maximum absolute atomic E-state index is 12.0. The quantitative estimate of drug-likeness (QED) is 0.618. The lowest BCUT2D eigenvalue weighted by molar-refractivity contribution is -0.385. The number of benzene rings is 1. The van der Waals surface area contributed by atoms with Crippen LogP contribution in [0.2, 0.25) is 5.02 Å². The summed E-state index contributed by atoms with van der Waals surface area (Å²) in [4.78, 5) is 33.2. The number of carbonyl (C=O) groups excluding carboxylic acids is 1. The third-order valence-corrected chi connectivity index (χ3v) is 3.24. The Morgan fingerprint density at radius 1 is 1.43 bits per heavy atom. The minimum atomic E-state index is -1.04. The smallest absolute Gasteiger partial charge is 0.308 e. The molecular weight excluding hydrogens is 300 g/mol. The first kappa shape index (κ1) is 16.9. The number of halogens is 1. The number of amides is 1. The summed E-state index contributed by atoms with van der Waals surface area (Å²) in [5, 5.41) is 22.5. The van der Waals surface area contributed by atoms with Crippen molar-refractivity contribution in [2.45, 2.75) is 13.8 Å². The maximum Gasteiger partial charge on any atom is 0.308 e. The highest BCUT2D eigenvalue weighted by molar-refractivity contribution is 6.31. The number of aliphatic carboxylic acids is 1. The van der Waals surface area contributed by atoms with E-state index >= 15 is 0 Å². The predicted molar refractivity (Wildman–Crippen MR) is 76.4 cm³/mol. The second-order valence-corrected chi connectivity index (χ2v) is 5.25. The van der Waals surface area contributed by atoms with Crippen LogP contribution in [0.1, 0.15) is 24.2 Å². The summed E-state index contributed by atoms with van der Waals surface area (Å²) in [6, 6.07) is 3.62. The molecule has 8 heteroatoms. The number of carboxylic acids is 1. The van der Waals surface area contributed by atoms with Crippen molar-refractivity contribution in [3.8, 4) is 0 Å². The van der Waals surface area contributed by atoms with E-state index in [0.29, 0.717) is 0 Å². The maximum atomic E-state index is 12.0. The minimum Gasteiger partial charge on any atom is -0.481 e. The zero-order chi connectivity index (χ0) is 16.2. The highest BCUT2D eigenvalue weighted by atomic mass is 35.5. The van der Waals surface area contributed by atoms with Crippen LogP contribution < -0.4 is 5.32 Å². The normalized spacial score (nSPS) is 12.0. The van der Waals surface area contributed by atoms with E-state index in [-0.39, 0.29) is 28.7 Å². The molecule has 0 bridgehead atoms. The molecule has 7 nitrogen and oxygen atoms in total. The molecular formula is C13H15ClN2O5. The number of nitro groups is 1. The number of nitrogens with zero attached hydrogens (tertiary/aromatic N) is 1. The van der Waals surface area contributed by atoms with E-state index in [2.05, 4.69) is 5.32 Å². The standard InChI is InChI=1S/C13H15ClN2O5/c1-7(2)10(13(18)19)6-15-12(17)9-5-8(14)3-4-11(9)16(20)21/h3-5,7,10H,6H2,1-2H3,(H,15,17)(H,18,19). The van der Waals surface area contributed by atoms with Crippen molar-refractivity contribution >= 4 is 29.2 Å². The fraction of sp³-hybridized carbons (Fsp3) is 0.385. The molecule has 0 radical (unpaired) electrons. The molecule has 1 unspecified atom stereocenters. The monoisotopic (exact) mass is 314 g/mol. The van der Waals surface area contributed by atoms with Gasteiger partial charge < -0.3 is 10.4 Å². The summed E-state index contributed by atoms with van der Waals surface area (Å²) in [6.07, 6.45) is 0. The molecule has 21 heavy (non-hydrogen) atoms. The Labute approximate surface area is 126 Å². The Morgan fingerprint density at radius 2 is 2.05 bits per heavy atom. The summed E-state index contributed by atoms with van der Waals surface area (Å²) < 4.78 is 0. The summed E-state index contributed by atoms with van der Waals surface area (Å²) >= 11 is 5.73. The van der Waals surface area contributed by atoms with Crippen LogP contribution in [0.25, 0.3) is 0 Å². The molecule has 0 fully saturated rings. The van der Waals surface area contributed by atoms with Gasteiger partial charge in [0.25, 0.3) is 11.6 Å². The molecule has 0 saturated carbocycles. The molecule has 0 saturated heterocycles. The number of carboxylic acid groups (broad SMARTS) is 1. The van der Waals surface area contributed by atoms with Crippen LogP contribution >= 0.6 is 11.6 Å². The third-order valence-electron chi connectivity index (χ3n) is 3.00. The van der Waals surface area contributed by atoms with Crippen LogP contribution in [0.4, 0.5) is 5.69 Å². The molecule has 1 aromatic carbocycles. The number of rotatable bonds is 6. The van der Waals surface area contributed by atoms with Crippen LogP contribution in [0.5, 0.6) is 0 Å². The molecule has 1 amide bonds. The van der Waals surface area contributed by atoms with Crippen molar-refractivity contribution < 1.29 is 19.6 Å². The van der Waals surface area contributed by atoms with Gasteiger partial charge in [-0.25, -0.2) is 0 Å². The first-order valence-corrected chi connectivity index (χ1v) is 6.56. The van der Waals surface area contributed by atoms with E-state index in [9.17, 15) is 19.7 Å². The van der Waals surface area contributed by atoms with Crippen LogP contribution in [0.3, 0.4) is 0 Å². The number of nitro benzene ring substituents is 1. The van der Waals surface area contributed by atoms with Crippen molar-refractivity contribution in [3.63, 3.8) is 0 Å². The lowest BCUT2D eigenvalue weighted by atomic mass is 9.96. The summed E-state index contributed by atoms with van der Waals surface area (Å²) in [5.74, 6) is -2.72. The lowest BCUT2D eigenvalue weighted by Crippen LogP contribution is -2.35. The van der Waals surface area contributed by atoms with Gasteiger partial charge in [0.15, 0.2) is 0 Å². The van der Waals surface area contributed by atoms with Crippen LogP contribution in [0, 0.1) is 22.0 Å². The minimum absolute atomic E-state index is 0.116. The molecule has 1 rings (SSSR count). The summed E-state index contributed by atoms with van der Waals surface area (Å²) in [5.41, 5.74) is -0.575. The second kappa shape index (κ2) is 7.03. The van der Waals surface area contributed by atoms with Crippen LogP contribution in [-0.4, -0.2) is 28.5 Å². The molecule has 0 aromatic heterocycles. The predicted octanol–water partition coefficient (Wildman–Crippen LogP) is 2.33. The van der Waals surface area contributed by atoms with Crippen molar-refractivity contribution in [1.29, 1.82) is 0 Å². The molecule has 0 aliphatic carbocycles. The van der Waals surface area contributed by atoms with Gasteiger partial charge in [0.1, 0.15) is 5.56 Å². The zero-order valence-electron chi connectivity index (χ0n) is 11.5. The van der Waals surface area contributed by atoms with Crippen molar-refractivity contribution in [2.24, 2.45) is 11.8 Å². The molecule has 0 aliphatic heterocycles.